The number of aryl methyl sites for hydroxylation is 2. The van der Waals surface area contributed by atoms with Gasteiger partial charge in [-0.2, -0.15) is 0 Å². The number of rotatable bonds is 8. The van der Waals surface area contributed by atoms with E-state index in [1.165, 1.54) is 0 Å². The van der Waals surface area contributed by atoms with E-state index in [2.05, 4.69) is 34.3 Å². The maximum absolute atomic E-state index is 13.1. The molecule has 1 heterocycles. The molecule has 2 amide bonds. The van der Waals surface area contributed by atoms with Crippen molar-refractivity contribution in [3.8, 4) is 0 Å². The standard InChI is InChI=1S/C30H36N4O3/c1-5-33(6-2)26-12-13-27(22(4)18-26)30(36)32-28-19-23(11-10-21(28)3)29(35)31-24-8-7-9-25(20-24)34-14-16-37-17-15-34/h7-13,18-20H,5-6,14-17H2,1-4H3,(H,31,35)(H,32,36). The Bertz CT molecular complexity index is 1260. The lowest BCUT2D eigenvalue weighted by molar-refractivity contribution is 0.101. The van der Waals surface area contributed by atoms with Gasteiger partial charge in [-0.15, -0.1) is 0 Å². The number of anilines is 4. The Labute approximate surface area is 219 Å². The molecule has 3 aromatic carbocycles. The first-order chi connectivity index (χ1) is 17.9. The molecule has 1 aliphatic rings. The van der Waals surface area contributed by atoms with Crippen LogP contribution in [0.3, 0.4) is 0 Å². The van der Waals surface area contributed by atoms with Crippen LogP contribution in [-0.2, 0) is 4.74 Å². The molecule has 1 aliphatic heterocycles. The first kappa shape index (κ1) is 26.2. The maximum atomic E-state index is 13.1. The molecular weight excluding hydrogens is 464 g/mol. The highest BCUT2D eigenvalue weighted by atomic mass is 16.5. The van der Waals surface area contributed by atoms with Crippen molar-refractivity contribution in [3.05, 3.63) is 82.9 Å². The zero-order chi connectivity index (χ0) is 26.4. The number of morpholine rings is 1. The second-order valence-corrected chi connectivity index (χ2v) is 9.26. The molecule has 7 heteroatoms. The number of carbonyl (C=O) groups is 2. The molecule has 1 saturated heterocycles. The molecule has 2 N–H and O–H groups in total. The Morgan fingerprint density at radius 3 is 2.32 bits per heavy atom. The lowest BCUT2D eigenvalue weighted by Gasteiger charge is -2.29. The third kappa shape index (κ3) is 6.30. The summed E-state index contributed by atoms with van der Waals surface area (Å²) >= 11 is 0. The summed E-state index contributed by atoms with van der Waals surface area (Å²) in [4.78, 5) is 30.7. The van der Waals surface area contributed by atoms with Gasteiger partial charge in [0, 0.05) is 60.1 Å². The lowest BCUT2D eigenvalue weighted by atomic mass is 10.1. The van der Waals surface area contributed by atoms with E-state index in [0.29, 0.717) is 30.0 Å². The molecule has 1 fully saturated rings. The van der Waals surface area contributed by atoms with Crippen LogP contribution in [0.25, 0.3) is 0 Å². The number of nitrogens with one attached hydrogen (secondary N) is 2. The predicted molar refractivity (Wildman–Crippen MR) is 151 cm³/mol. The van der Waals surface area contributed by atoms with Crippen molar-refractivity contribution in [2.45, 2.75) is 27.7 Å². The smallest absolute Gasteiger partial charge is 0.255 e. The second kappa shape index (κ2) is 11.9. The van der Waals surface area contributed by atoms with Crippen molar-refractivity contribution in [1.82, 2.24) is 0 Å². The van der Waals surface area contributed by atoms with Gasteiger partial charge in [-0.25, -0.2) is 0 Å². The average molecular weight is 501 g/mol. The molecule has 0 radical (unpaired) electrons. The van der Waals surface area contributed by atoms with Gasteiger partial charge in [0.05, 0.1) is 13.2 Å². The minimum atomic E-state index is -0.227. The van der Waals surface area contributed by atoms with E-state index >= 15 is 0 Å². The average Bonchev–Trinajstić information content (AvgIpc) is 2.91. The quantitative estimate of drug-likeness (QED) is 0.428. The number of nitrogens with zero attached hydrogens (tertiary/aromatic N) is 2. The van der Waals surface area contributed by atoms with Crippen molar-refractivity contribution >= 4 is 34.6 Å². The number of ether oxygens (including phenoxy) is 1. The molecule has 0 saturated carbocycles. The Morgan fingerprint density at radius 1 is 0.865 bits per heavy atom. The first-order valence-corrected chi connectivity index (χ1v) is 12.9. The molecule has 194 valence electrons. The van der Waals surface area contributed by atoms with Crippen LogP contribution in [0.2, 0.25) is 0 Å². The Hall–Kier alpha value is -3.84. The van der Waals surface area contributed by atoms with E-state index in [1.54, 1.807) is 12.1 Å². The Morgan fingerprint density at radius 2 is 1.62 bits per heavy atom. The van der Waals surface area contributed by atoms with E-state index in [-0.39, 0.29) is 11.8 Å². The number of amides is 2. The summed E-state index contributed by atoms with van der Waals surface area (Å²) in [5.74, 6) is -0.420. The van der Waals surface area contributed by atoms with Gasteiger partial charge in [0.1, 0.15) is 0 Å². The van der Waals surface area contributed by atoms with Crippen LogP contribution in [0.4, 0.5) is 22.7 Å². The van der Waals surface area contributed by atoms with Gasteiger partial charge in [0.2, 0.25) is 0 Å². The second-order valence-electron chi connectivity index (χ2n) is 9.26. The number of carbonyl (C=O) groups excluding carboxylic acids is 2. The van der Waals surface area contributed by atoms with Crippen molar-refractivity contribution in [2.24, 2.45) is 0 Å². The number of hydrogen-bond acceptors (Lipinski definition) is 5. The van der Waals surface area contributed by atoms with Crippen molar-refractivity contribution in [3.63, 3.8) is 0 Å². The third-order valence-electron chi connectivity index (χ3n) is 6.81. The van der Waals surface area contributed by atoms with Gasteiger partial charge in [-0.05, 0) is 87.4 Å². The fourth-order valence-electron chi connectivity index (χ4n) is 4.58. The summed E-state index contributed by atoms with van der Waals surface area (Å²) in [6, 6.07) is 19.1. The summed E-state index contributed by atoms with van der Waals surface area (Å²) in [5.41, 5.74) is 6.39. The molecule has 37 heavy (non-hydrogen) atoms. The molecule has 0 unspecified atom stereocenters. The first-order valence-electron chi connectivity index (χ1n) is 12.9. The van der Waals surface area contributed by atoms with Crippen LogP contribution in [0.15, 0.2) is 60.7 Å². The Kier molecular flexibility index (Phi) is 8.46. The summed E-state index contributed by atoms with van der Waals surface area (Å²) in [6.45, 7) is 13.0. The van der Waals surface area contributed by atoms with E-state index in [1.807, 2.05) is 62.4 Å². The monoisotopic (exact) mass is 500 g/mol. The maximum Gasteiger partial charge on any atom is 0.255 e. The van der Waals surface area contributed by atoms with Gasteiger partial charge in [-0.1, -0.05) is 12.1 Å². The van der Waals surface area contributed by atoms with Crippen LogP contribution in [0, 0.1) is 13.8 Å². The van der Waals surface area contributed by atoms with E-state index in [4.69, 9.17) is 4.74 Å². The van der Waals surface area contributed by atoms with Crippen LogP contribution >= 0.6 is 0 Å². The zero-order valence-electron chi connectivity index (χ0n) is 22.1. The topological polar surface area (TPSA) is 73.9 Å². The minimum Gasteiger partial charge on any atom is -0.378 e. The fraction of sp³-hybridized carbons (Fsp3) is 0.333. The van der Waals surface area contributed by atoms with Gasteiger partial charge in [-0.3, -0.25) is 9.59 Å². The van der Waals surface area contributed by atoms with E-state index in [9.17, 15) is 9.59 Å². The predicted octanol–water partition coefficient (Wildman–Crippen LogP) is 5.49. The van der Waals surface area contributed by atoms with Gasteiger partial charge < -0.3 is 25.2 Å². The molecule has 0 atom stereocenters. The van der Waals surface area contributed by atoms with Gasteiger partial charge in [0.15, 0.2) is 0 Å². The minimum absolute atomic E-state index is 0.192. The molecule has 0 aliphatic carbocycles. The van der Waals surface area contributed by atoms with Gasteiger partial charge in [0.25, 0.3) is 11.8 Å². The summed E-state index contributed by atoms with van der Waals surface area (Å²) < 4.78 is 5.44. The molecule has 0 bridgehead atoms. The van der Waals surface area contributed by atoms with Crippen molar-refractivity contribution in [2.75, 3.05) is 59.8 Å². The molecule has 7 nitrogen and oxygen atoms in total. The zero-order valence-corrected chi connectivity index (χ0v) is 22.1. The largest absolute Gasteiger partial charge is 0.378 e. The van der Waals surface area contributed by atoms with Gasteiger partial charge >= 0.3 is 0 Å². The van der Waals surface area contributed by atoms with Crippen LogP contribution in [-0.4, -0.2) is 51.2 Å². The van der Waals surface area contributed by atoms with Crippen LogP contribution in [0.5, 0.6) is 0 Å². The summed E-state index contributed by atoms with van der Waals surface area (Å²) in [6.07, 6.45) is 0. The van der Waals surface area contributed by atoms with Crippen LogP contribution < -0.4 is 20.4 Å². The fourth-order valence-corrected chi connectivity index (χ4v) is 4.58. The third-order valence-corrected chi connectivity index (χ3v) is 6.81. The summed E-state index contributed by atoms with van der Waals surface area (Å²) in [7, 11) is 0. The van der Waals surface area contributed by atoms with Crippen molar-refractivity contribution in [1.29, 1.82) is 0 Å². The molecule has 0 spiro atoms. The summed E-state index contributed by atoms with van der Waals surface area (Å²) in [5, 5.41) is 6.00. The van der Waals surface area contributed by atoms with E-state index in [0.717, 1.165) is 54.4 Å². The highest BCUT2D eigenvalue weighted by Crippen LogP contribution is 2.24. The van der Waals surface area contributed by atoms with Crippen molar-refractivity contribution < 1.29 is 14.3 Å². The highest BCUT2D eigenvalue weighted by molar-refractivity contribution is 6.08. The molecular formula is C30H36N4O3. The molecule has 0 aromatic heterocycles. The van der Waals surface area contributed by atoms with Crippen LogP contribution in [0.1, 0.15) is 45.7 Å². The Balaban J connectivity index is 1.47. The number of benzene rings is 3. The normalized spacial score (nSPS) is 13.2. The number of hydrogen-bond donors (Lipinski definition) is 2. The SMILES string of the molecule is CCN(CC)c1ccc(C(=O)Nc2cc(C(=O)Nc3cccc(N4CCOCC4)c3)ccc2C)c(C)c1. The molecule has 3 aromatic rings. The molecule has 4 rings (SSSR count). The van der Waals surface area contributed by atoms with E-state index < -0.39 is 0 Å². The highest BCUT2D eigenvalue weighted by Gasteiger charge is 2.16. The lowest BCUT2D eigenvalue weighted by Crippen LogP contribution is -2.36.